The number of amides is 1. The lowest BCUT2D eigenvalue weighted by atomic mass is 9.96. The smallest absolute Gasteiger partial charge is 0.375 e. The number of anilines is 2. The number of ether oxygens (including phenoxy) is 1. The Morgan fingerprint density at radius 3 is 2.59 bits per heavy atom. The van der Waals surface area contributed by atoms with E-state index in [2.05, 4.69) is 15.0 Å². The lowest BCUT2D eigenvalue weighted by molar-refractivity contribution is -0.158. The topological polar surface area (TPSA) is 135 Å². The van der Waals surface area contributed by atoms with E-state index >= 15 is 4.39 Å². The second kappa shape index (κ2) is 15.1. The number of imidazole rings is 1. The highest BCUT2D eigenvalue weighted by Crippen LogP contribution is 2.36. The number of alkyl halides is 3. The standard InChI is InChI=1S/C40H41F5N12O2/c1-4-59-26-19-53(3)39(58)32-14-25(49-33-7-5-6-29(50-33)35-36-30(10-11-46-35)48-22(2)55(36)20-26)18-56(32)37-27-15-47-57(31-9-8-24(41)13-28(31)42)38(27)52-34(51-37)12-23-16-54(17-23)21-40(43,44)45/h5-11,13,15,23,25-26,32H,4,12,14,16-21H2,1-3H3,(H,49,50)/t25-,26-,32-/m0/s1. The Bertz CT molecular complexity index is 2550. The van der Waals surface area contributed by atoms with E-state index in [1.165, 1.54) is 21.8 Å². The number of hydrogen-bond donors (Lipinski definition) is 1. The number of likely N-dealkylation sites (N-methyl/N-ethyl adjacent to an activating group) is 1. The number of benzene rings is 1. The summed E-state index contributed by atoms with van der Waals surface area (Å²) in [7, 11) is 1.74. The number of carbonyl (C=O) groups is 1. The van der Waals surface area contributed by atoms with Crippen molar-refractivity contribution in [1.29, 1.82) is 0 Å². The Hall–Kier alpha value is -5.82. The number of nitrogens with zero attached hydrogens (tertiary/aromatic N) is 11. The van der Waals surface area contributed by atoms with Gasteiger partial charge in [0.25, 0.3) is 0 Å². The van der Waals surface area contributed by atoms with Crippen LogP contribution in [0.5, 0.6) is 0 Å². The average molecular weight is 817 g/mol. The van der Waals surface area contributed by atoms with E-state index in [1.54, 1.807) is 18.1 Å². The van der Waals surface area contributed by atoms with Crippen molar-refractivity contribution in [3.8, 4) is 17.1 Å². The van der Waals surface area contributed by atoms with E-state index in [0.29, 0.717) is 53.8 Å². The molecule has 0 aliphatic carbocycles. The molecular formula is C40H41F5N12O2. The number of pyridine rings is 2. The third kappa shape index (κ3) is 7.52. The van der Waals surface area contributed by atoms with Crippen molar-refractivity contribution in [2.75, 3.05) is 56.6 Å². The maximum absolute atomic E-state index is 15.3. The first-order valence-electron chi connectivity index (χ1n) is 19.5. The number of rotatable bonds is 7. The second-order valence-electron chi connectivity index (χ2n) is 15.5. The molecule has 9 rings (SSSR count). The van der Waals surface area contributed by atoms with E-state index in [9.17, 15) is 22.4 Å². The molecule has 59 heavy (non-hydrogen) atoms. The summed E-state index contributed by atoms with van der Waals surface area (Å²) in [6.45, 7) is 4.53. The van der Waals surface area contributed by atoms with E-state index in [4.69, 9.17) is 29.7 Å². The average Bonchev–Trinajstić information content (AvgIpc) is 3.88. The molecule has 5 aromatic heterocycles. The minimum absolute atomic E-state index is 0.0545. The first-order chi connectivity index (χ1) is 28.3. The van der Waals surface area contributed by atoms with Gasteiger partial charge in [0.2, 0.25) is 5.91 Å². The molecule has 19 heteroatoms. The van der Waals surface area contributed by atoms with Crippen LogP contribution in [0.3, 0.4) is 0 Å². The fourth-order valence-electron chi connectivity index (χ4n) is 8.65. The van der Waals surface area contributed by atoms with Gasteiger partial charge in [-0.2, -0.15) is 18.3 Å². The molecule has 4 bridgehead atoms. The molecule has 1 N–H and O–H groups in total. The quantitative estimate of drug-likeness (QED) is 0.214. The van der Waals surface area contributed by atoms with E-state index in [0.717, 1.165) is 29.0 Å². The number of hydrogen-bond acceptors (Lipinski definition) is 11. The summed E-state index contributed by atoms with van der Waals surface area (Å²) in [5.41, 5.74) is 3.03. The molecule has 3 atom stereocenters. The number of halogens is 5. The van der Waals surface area contributed by atoms with Gasteiger partial charge in [-0.1, -0.05) is 6.07 Å². The minimum atomic E-state index is -4.32. The van der Waals surface area contributed by atoms with Crippen LogP contribution >= 0.6 is 0 Å². The van der Waals surface area contributed by atoms with Crippen molar-refractivity contribution in [2.24, 2.45) is 5.92 Å². The number of carbonyl (C=O) groups excluding carboxylic acids is 1. The first kappa shape index (κ1) is 38.7. The highest BCUT2D eigenvalue weighted by molar-refractivity contribution is 5.93. The van der Waals surface area contributed by atoms with Gasteiger partial charge in [-0.3, -0.25) is 14.7 Å². The van der Waals surface area contributed by atoms with Gasteiger partial charge in [-0.15, -0.1) is 0 Å². The molecule has 14 nitrogen and oxygen atoms in total. The lowest BCUT2D eigenvalue weighted by Crippen LogP contribution is -2.51. The summed E-state index contributed by atoms with van der Waals surface area (Å²) in [6.07, 6.45) is -0.974. The lowest BCUT2D eigenvalue weighted by Gasteiger charge is -2.39. The van der Waals surface area contributed by atoms with Crippen LogP contribution in [0, 0.1) is 24.5 Å². The highest BCUT2D eigenvalue weighted by atomic mass is 19.4. The molecule has 308 valence electrons. The van der Waals surface area contributed by atoms with Crippen molar-refractivity contribution in [3.63, 3.8) is 0 Å². The van der Waals surface area contributed by atoms with E-state index in [-0.39, 0.29) is 61.8 Å². The number of likely N-dealkylation sites (tertiary alicyclic amines) is 1. The van der Waals surface area contributed by atoms with Gasteiger partial charge in [0.15, 0.2) is 11.5 Å². The van der Waals surface area contributed by atoms with Crippen LogP contribution in [-0.4, -0.2) is 126 Å². The monoisotopic (exact) mass is 816 g/mol. The number of aromatic nitrogens is 8. The van der Waals surface area contributed by atoms with E-state index in [1.807, 2.05) is 43.0 Å². The Morgan fingerprint density at radius 2 is 1.81 bits per heavy atom. The van der Waals surface area contributed by atoms with Gasteiger partial charge < -0.3 is 24.4 Å². The minimum Gasteiger partial charge on any atom is -0.375 e. The molecule has 0 saturated carbocycles. The van der Waals surface area contributed by atoms with Gasteiger partial charge >= 0.3 is 6.18 Å². The predicted molar refractivity (Wildman–Crippen MR) is 208 cm³/mol. The molecule has 2 saturated heterocycles. The zero-order chi connectivity index (χ0) is 41.2. The normalized spacial score (nSPS) is 20.5. The van der Waals surface area contributed by atoms with Crippen molar-refractivity contribution >= 4 is 39.6 Å². The SMILES string of the molecule is CCO[C@H]1CN(C)C(=O)[C@@H]2C[C@@H](CN2c2nc(CC3CN(CC(F)(F)F)C3)nc3c2cnn3-c2ccc(F)cc2F)Nc2cccc(n2)-c2nccc3nc(C)n(c23)C1. The van der Waals surface area contributed by atoms with Gasteiger partial charge in [0, 0.05) is 64.6 Å². The highest BCUT2D eigenvalue weighted by Gasteiger charge is 2.42. The number of aryl methyl sites for hydroxylation is 1. The largest absolute Gasteiger partial charge is 0.401 e. The van der Waals surface area contributed by atoms with Crippen molar-refractivity contribution in [3.05, 3.63) is 78.1 Å². The fraction of sp³-hybridized carbons (Fsp3) is 0.425. The molecule has 0 radical (unpaired) electrons. The summed E-state index contributed by atoms with van der Waals surface area (Å²) in [5, 5.41) is 8.41. The third-order valence-electron chi connectivity index (χ3n) is 11.2. The van der Waals surface area contributed by atoms with E-state index < -0.39 is 36.5 Å². The Labute approximate surface area is 335 Å². The van der Waals surface area contributed by atoms with Crippen LogP contribution in [0.2, 0.25) is 0 Å². The molecule has 8 heterocycles. The second-order valence-corrected chi connectivity index (χ2v) is 15.5. The summed E-state index contributed by atoms with van der Waals surface area (Å²) < 4.78 is 78.2. The van der Waals surface area contributed by atoms with Crippen LogP contribution in [0.4, 0.5) is 33.6 Å². The Balaban J connectivity index is 1.13. The first-order valence-corrected chi connectivity index (χ1v) is 19.5. The van der Waals surface area contributed by atoms with Gasteiger partial charge in [-0.25, -0.2) is 33.4 Å². The molecule has 1 aromatic carbocycles. The van der Waals surface area contributed by atoms with Crippen LogP contribution in [0.25, 0.3) is 39.1 Å². The summed E-state index contributed by atoms with van der Waals surface area (Å²) in [5.74, 6) is -0.0155. The molecule has 0 unspecified atom stereocenters. The van der Waals surface area contributed by atoms with Crippen LogP contribution in [-0.2, 0) is 22.5 Å². The van der Waals surface area contributed by atoms with Gasteiger partial charge in [0.05, 0.1) is 47.5 Å². The van der Waals surface area contributed by atoms with Gasteiger partial charge in [0.1, 0.15) is 46.5 Å². The summed E-state index contributed by atoms with van der Waals surface area (Å²) in [4.78, 5) is 43.9. The van der Waals surface area contributed by atoms with Crippen molar-refractivity contribution in [2.45, 2.75) is 57.6 Å². The zero-order valence-corrected chi connectivity index (χ0v) is 32.5. The van der Waals surface area contributed by atoms with Crippen LogP contribution in [0.1, 0.15) is 25.0 Å². The fourth-order valence-corrected chi connectivity index (χ4v) is 8.65. The summed E-state index contributed by atoms with van der Waals surface area (Å²) in [6, 6.07) is 9.55. The third-order valence-corrected chi connectivity index (χ3v) is 11.2. The molecule has 0 spiro atoms. The molecule has 6 aromatic rings. The van der Waals surface area contributed by atoms with Crippen LogP contribution in [0.15, 0.2) is 54.9 Å². The molecular weight excluding hydrogens is 776 g/mol. The van der Waals surface area contributed by atoms with Crippen LogP contribution < -0.4 is 10.2 Å². The maximum atomic E-state index is 15.3. The van der Waals surface area contributed by atoms with Crippen molar-refractivity contribution < 1.29 is 31.5 Å². The zero-order valence-electron chi connectivity index (χ0n) is 32.5. The molecule has 3 aliphatic heterocycles. The maximum Gasteiger partial charge on any atom is 0.401 e. The molecule has 1 amide bonds. The summed E-state index contributed by atoms with van der Waals surface area (Å²) >= 11 is 0. The number of fused-ring (bicyclic) bond motifs is 6. The van der Waals surface area contributed by atoms with Crippen molar-refractivity contribution in [1.82, 2.24) is 49.1 Å². The van der Waals surface area contributed by atoms with Gasteiger partial charge in [-0.05, 0) is 56.5 Å². The number of nitrogens with one attached hydrogen (secondary N) is 1. The molecule has 3 aliphatic rings. The molecule has 2 fully saturated rings. The Morgan fingerprint density at radius 1 is 0.983 bits per heavy atom. The predicted octanol–water partition coefficient (Wildman–Crippen LogP) is 5.18. The Kier molecular flexibility index (Phi) is 9.89.